The maximum Gasteiger partial charge on any atom is 0.191 e. The highest BCUT2D eigenvalue weighted by Crippen LogP contribution is 2.23. The predicted molar refractivity (Wildman–Crippen MR) is 106 cm³/mol. The van der Waals surface area contributed by atoms with E-state index in [0.29, 0.717) is 5.02 Å². The van der Waals surface area contributed by atoms with E-state index in [1.807, 2.05) is 23.7 Å². The van der Waals surface area contributed by atoms with Crippen LogP contribution in [0.5, 0.6) is 0 Å². The Hall–Kier alpha value is -1.79. The van der Waals surface area contributed by atoms with Gasteiger partial charge in [-0.2, -0.15) is 5.10 Å². The SMILES string of the molecule is CN=C(NCCCc1ccc(Cl)cc1Cl)NC1CCCn2nc(C)nc21. The lowest BCUT2D eigenvalue weighted by Crippen LogP contribution is -2.41. The van der Waals surface area contributed by atoms with Gasteiger partial charge in [0.15, 0.2) is 5.96 Å². The third kappa shape index (κ3) is 4.68. The molecule has 0 spiro atoms. The zero-order chi connectivity index (χ0) is 18.5. The van der Waals surface area contributed by atoms with E-state index < -0.39 is 0 Å². The molecule has 0 amide bonds. The van der Waals surface area contributed by atoms with Gasteiger partial charge in [0, 0.05) is 30.2 Å². The molecular weight excluding hydrogens is 371 g/mol. The highest BCUT2D eigenvalue weighted by atomic mass is 35.5. The zero-order valence-electron chi connectivity index (χ0n) is 15.1. The minimum atomic E-state index is 0.141. The number of halogens is 2. The van der Waals surface area contributed by atoms with Crippen molar-refractivity contribution in [1.82, 2.24) is 25.4 Å². The molecule has 0 saturated heterocycles. The van der Waals surface area contributed by atoms with Crippen molar-refractivity contribution in [1.29, 1.82) is 0 Å². The van der Waals surface area contributed by atoms with Crippen LogP contribution in [0.2, 0.25) is 10.0 Å². The van der Waals surface area contributed by atoms with Crippen LogP contribution in [-0.2, 0) is 13.0 Å². The first-order chi connectivity index (χ1) is 12.6. The van der Waals surface area contributed by atoms with Crippen LogP contribution in [0.3, 0.4) is 0 Å². The van der Waals surface area contributed by atoms with E-state index in [4.69, 9.17) is 23.2 Å². The topological polar surface area (TPSA) is 67.1 Å². The van der Waals surface area contributed by atoms with Crippen molar-refractivity contribution < 1.29 is 0 Å². The third-order valence-electron chi connectivity index (χ3n) is 4.45. The Kier molecular flexibility index (Phi) is 6.38. The van der Waals surface area contributed by atoms with Gasteiger partial charge >= 0.3 is 0 Å². The van der Waals surface area contributed by atoms with Crippen molar-refractivity contribution in [3.8, 4) is 0 Å². The summed E-state index contributed by atoms with van der Waals surface area (Å²) in [5.41, 5.74) is 1.11. The first-order valence-corrected chi connectivity index (χ1v) is 9.65. The molecule has 0 bridgehead atoms. The molecule has 1 unspecified atom stereocenters. The van der Waals surface area contributed by atoms with E-state index in [0.717, 1.165) is 67.0 Å². The van der Waals surface area contributed by atoms with Gasteiger partial charge in [-0.3, -0.25) is 4.99 Å². The number of aryl methyl sites for hydroxylation is 3. The Morgan fingerprint density at radius 2 is 2.23 bits per heavy atom. The van der Waals surface area contributed by atoms with Crippen molar-refractivity contribution in [3.05, 3.63) is 45.5 Å². The van der Waals surface area contributed by atoms with Gasteiger partial charge in [0.1, 0.15) is 11.6 Å². The number of nitrogens with zero attached hydrogens (tertiary/aromatic N) is 4. The van der Waals surface area contributed by atoms with Crippen LogP contribution in [0.25, 0.3) is 0 Å². The summed E-state index contributed by atoms with van der Waals surface area (Å²) in [6.07, 6.45) is 3.94. The number of hydrogen-bond donors (Lipinski definition) is 2. The number of aromatic nitrogens is 3. The maximum atomic E-state index is 6.22. The Bertz CT molecular complexity index is 786. The summed E-state index contributed by atoms with van der Waals surface area (Å²) < 4.78 is 1.99. The maximum absolute atomic E-state index is 6.22. The fourth-order valence-corrected chi connectivity index (χ4v) is 3.68. The molecule has 2 aromatic rings. The molecule has 1 aliphatic rings. The summed E-state index contributed by atoms with van der Waals surface area (Å²) in [4.78, 5) is 8.88. The molecule has 1 aromatic heterocycles. The van der Waals surface area contributed by atoms with Crippen LogP contribution in [0.4, 0.5) is 0 Å². The summed E-state index contributed by atoms with van der Waals surface area (Å²) in [6, 6.07) is 5.78. The van der Waals surface area contributed by atoms with Gasteiger partial charge in [0.2, 0.25) is 0 Å². The quantitative estimate of drug-likeness (QED) is 0.462. The van der Waals surface area contributed by atoms with E-state index in [-0.39, 0.29) is 6.04 Å². The molecule has 26 heavy (non-hydrogen) atoms. The van der Waals surface area contributed by atoms with Crippen molar-refractivity contribution in [2.75, 3.05) is 13.6 Å². The van der Waals surface area contributed by atoms with Crippen LogP contribution >= 0.6 is 23.2 Å². The molecule has 0 aliphatic carbocycles. The second-order valence-corrected chi connectivity index (χ2v) is 7.26. The predicted octanol–water partition coefficient (Wildman–Crippen LogP) is 3.53. The summed E-state index contributed by atoms with van der Waals surface area (Å²) in [6.45, 7) is 3.66. The second kappa shape index (κ2) is 8.73. The average Bonchev–Trinajstić information content (AvgIpc) is 3.00. The van der Waals surface area contributed by atoms with Gasteiger partial charge in [0.05, 0.1) is 6.04 Å². The molecule has 2 N–H and O–H groups in total. The number of hydrogen-bond acceptors (Lipinski definition) is 3. The van der Waals surface area contributed by atoms with Gasteiger partial charge < -0.3 is 10.6 Å². The molecule has 0 radical (unpaired) electrons. The van der Waals surface area contributed by atoms with Crippen molar-refractivity contribution >= 4 is 29.2 Å². The highest BCUT2D eigenvalue weighted by Gasteiger charge is 2.24. The molecule has 0 saturated carbocycles. The lowest BCUT2D eigenvalue weighted by atomic mass is 10.1. The first kappa shape index (κ1) is 19.0. The van der Waals surface area contributed by atoms with Crippen LogP contribution in [0, 0.1) is 6.92 Å². The summed E-state index contributed by atoms with van der Waals surface area (Å²) in [7, 11) is 1.78. The minimum absolute atomic E-state index is 0.141. The number of benzene rings is 1. The van der Waals surface area contributed by atoms with E-state index in [1.165, 1.54) is 0 Å². The molecule has 0 fully saturated rings. The number of rotatable bonds is 5. The molecule has 1 aromatic carbocycles. The first-order valence-electron chi connectivity index (χ1n) is 8.89. The smallest absolute Gasteiger partial charge is 0.191 e. The lowest BCUT2D eigenvalue weighted by molar-refractivity contribution is 0.397. The Morgan fingerprint density at radius 1 is 1.38 bits per heavy atom. The number of fused-ring (bicyclic) bond motifs is 1. The third-order valence-corrected chi connectivity index (χ3v) is 5.03. The van der Waals surface area contributed by atoms with E-state index >= 15 is 0 Å². The highest BCUT2D eigenvalue weighted by molar-refractivity contribution is 6.35. The van der Waals surface area contributed by atoms with Crippen LogP contribution < -0.4 is 10.6 Å². The van der Waals surface area contributed by atoms with Gasteiger partial charge in [0.25, 0.3) is 0 Å². The van der Waals surface area contributed by atoms with Crippen LogP contribution in [-0.4, -0.2) is 34.3 Å². The molecule has 2 heterocycles. The summed E-state index contributed by atoms with van der Waals surface area (Å²) in [5.74, 6) is 2.59. The summed E-state index contributed by atoms with van der Waals surface area (Å²) in [5, 5.41) is 12.7. The van der Waals surface area contributed by atoms with E-state index in [9.17, 15) is 0 Å². The van der Waals surface area contributed by atoms with Crippen molar-refractivity contribution in [2.45, 2.75) is 45.2 Å². The number of guanidine groups is 1. The molecular formula is C18H24Cl2N6. The molecule has 1 aliphatic heterocycles. The van der Waals surface area contributed by atoms with Gasteiger partial charge in [-0.25, -0.2) is 9.67 Å². The van der Waals surface area contributed by atoms with Gasteiger partial charge in [-0.05, 0) is 50.3 Å². The molecule has 6 nitrogen and oxygen atoms in total. The standard InChI is InChI=1S/C18H24Cl2N6/c1-12-23-17-16(6-4-10-26(17)25-12)24-18(21-2)22-9-3-5-13-7-8-14(19)11-15(13)20/h7-8,11,16H,3-6,9-10H2,1-2H3,(H2,21,22,24). The fraction of sp³-hybridized carbons (Fsp3) is 0.500. The lowest BCUT2D eigenvalue weighted by Gasteiger charge is -2.25. The summed E-state index contributed by atoms with van der Waals surface area (Å²) >= 11 is 12.2. The number of nitrogens with one attached hydrogen (secondary N) is 2. The zero-order valence-corrected chi connectivity index (χ0v) is 16.6. The second-order valence-electron chi connectivity index (χ2n) is 6.42. The molecule has 140 valence electrons. The average molecular weight is 395 g/mol. The largest absolute Gasteiger partial charge is 0.356 e. The van der Waals surface area contributed by atoms with Crippen molar-refractivity contribution in [3.63, 3.8) is 0 Å². The van der Waals surface area contributed by atoms with Crippen LogP contribution in [0.1, 0.15) is 42.5 Å². The van der Waals surface area contributed by atoms with Gasteiger partial charge in [-0.1, -0.05) is 29.3 Å². The Morgan fingerprint density at radius 3 is 3.00 bits per heavy atom. The normalized spacial score (nSPS) is 17.1. The molecule has 8 heteroatoms. The number of aliphatic imine (C=N–C) groups is 1. The monoisotopic (exact) mass is 394 g/mol. The molecule has 3 rings (SSSR count). The Balaban J connectivity index is 1.50. The van der Waals surface area contributed by atoms with E-state index in [2.05, 4.69) is 25.7 Å². The Labute approximate surface area is 164 Å². The molecule has 1 atom stereocenters. The van der Waals surface area contributed by atoms with Crippen molar-refractivity contribution in [2.24, 2.45) is 4.99 Å². The van der Waals surface area contributed by atoms with E-state index in [1.54, 1.807) is 13.1 Å². The van der Waals surface area contributed by atoms with Gasteiger partial charge in [-0.15, -0.1) is 0 Å². The fourth-order valence-electron chi connectivity index (χ4n) is 3.17. The minimum Gasteiger partial charge on any atom is -0.356 e. The van der Waals surface area contributed by atoms with Crippen LogP contribution in [0.15, 0.2) is 23.2 Å².